The molecule has 0 saturated heterocycles. The molecule has 0 aliphatic heterocycles. The normalized spacial score (nSPS) is 12.0. The van der Waals surface area contributed by atoms with Gasteiger partial charge < -0.3 is 16.0 Å². The van der Waals surface area contributed by atoms with Crippen molar-refractivity contribution >= 4 is 61.6 Å². The Labute approximate surface area is 182 Å². The number of nitrogens with two attached hydrogens (primary N) is 1. The van der Waals surface area contributed by atoms with Crippen molar-refractivity contribution in [1.82, 2.24) is 10.3 Å². The summed E-state index contributed by atoms with van der Waals surface area (Å²) in [6, 6.07) is 8.63. The molecule has 158 valence electrons. The lowest BCUT2D eigenvalue weighted by atomic mass is 10.0. The number of hydrogen-bond donors (Lipinski definition) is 4. The Morgan fingerprint density at radius 2 is 1.70 bits per heavy atom. The van der Waals surface area contributed by atoms with Gasteiger partial charge in [0.15, 0.2) is 0 Å². The molecule has 0 aliphatic rings. The second-order valence-corrected chi connectivity index (χ2v) is 9.67. The summed E-state index contributed by atoms with van der Waals surface area (Å²) in [5, 5.41) is 3.49. The minimum Gasteiger partial charge on any atom is -0.368 e. The van der Waals surface area contributed by atoms with Crippen molar-refractivity contribution in [3.8, 4) is 0 Å². The van der Waals surface area contributed by atoms with E-state index in [1.54, 1.807) is 6.07 Å². The van der Waals surface area contributed by atoms with E-state index >= 15 is 0 Å². The molecule has 0 radical (unpaired) electrons. The highest BCUT2D eigenvalue weighted by atomic mass is 35.5. The third-order valence-corrected chi connectivity index (χ3v) is 6.16. The zero-order chi connectivity index (χ0) is 22.3. The van der Waals surface area contributed by atoms with Gasteiger partial charge in [-0.15, -0.1) is 0 Å². The standard InChI is InChI=1S/C19H18Cl2N4O4S/c1-19(2,18(22)27)24-17(26)15-9-23-16-8-12(3-4-14(15)16)25-30(28,29)13-6-10(20)5-11(21)7-13/h3-9,23,25H,1-2H3,(H2,22,27)(H,24,26). The number of aromatic amines is 1. The van der Waals surface area contributed by atoms with Gasteiger partial charge in [-0.3, -0.25) is 14.3 Å². The Kier molecular flexibility index (Phi) is 5.72. The molecule has 11 heteroatoms. The molecule has 0 fully saturated rings. The Morgan fingerprint density at radius 3 is 2.30 bits per heavy atom. The summed E-state index contributed by atoms with van der Waals surface area (Å²) in [5.74, 6) is -1.17. The summed E-state index contributed by atoms with van der Waals surface area (Å²) < 4.78 is 27.7. The van der Waals surface area contributed by atoms with E-state index in [2.05, 4.69) is 15.0 Å². The Hall–Kier alpha value is -2.75. The summed E-state index contributed by atoms with van der Waals surface area (Å²) in [6.07, 6.45) is 1.46. The summed E-state index contributed by atoms with van der Waals surface area (Å²) in [7, 11) is -3.93. The van der Waals surface area contributed by atoms with E-state index in [1.165, 1.54) is 50.4 Å². The van der Waals surface area contributed by atoms with Crippen molar-refractivity contribution in [2.75, 3.05) is 4.72 Å². The van der Waals surface area contributed by atoms with Crippen molar-refractivity contribution in [2.45, 2.75) is 24.3 Å². The van der Waals surface area contributed by atoms with E-state index in [4.69, 9.17) is 28.9 Å². The quantitative estimate of drug-likeness (QED) is 0.441. The monoisotopic (exact) mass is 468 g/mol. The summed E-state index contributed by atoms with van der Waals surface area (Å²) in [4.78, 5) is 26.8. The minimum atomic E-state index is -3.93. The van der Waals surface area contributed by atoms with Crippen LogP contribution in [0.25, 0.3) is 10.9 Å². The molecular weight excluding hydrogens is 451 g/mol. The minimum absolute atomic E-state index is 0.0830. The van der Waals surface area contributed by atoms with E-state index < -0.39 is 27.4 Å². The van der Waals surface area contributed by atoms with Gasteiger partial charge in [-0.25, -0.2) is 8.42 Å². The fraction of sp³-hybridized carbons (Fsp3) is 0.158. The molecule has 3 aromatic rings. The number of carbonyl (C=O) groups excluding carboxylic acids is 2. The number of fused-ring (bicyclic) bond motifs is 1. The number of primary amides is 1. The molecule has 0 bridgehead atoms. The van der Waals surface area contributed by atoms with Crippen LogP contribution in [0.2, 0.25) is 10.0 Å². The van der Waals surface area contributed by atoms with E-state index in [0.29, 0.717) is 10.9 Å². The van der Waals surface area contributed by atoms with Crippen LogP contribution in [0.3, 0.4) is 0 Å². The van der Waals surface area contributed by atoms with Crippen LogP contribution in [0.4, 0.5) is 5.69 Å². The zero-order valence-corrected chi connectivity index (χ0v) is 18.2. The number of H-pyrrole nitrogens is 1. The molecule has 0 unspecified atom stereocenters. The van der Waals surface area contributed by atoms with Gasteiger partial charge >= 0.3 is 0 Å². The number of aromatic nitrogens is 1. The van der Waals surface area contributed by atoms with E-state index in [0.717, 1.165) is 0 Å². The average molecular weight is 469 g/mol. The average Bonchev–Trinajstić information content (AvgIpc) is 3.03. The number of carbonyl (C=O) groups is 2. The molecule has 3 rings (SSSR count). The Bertz CT molecular complexity index is 1250. The topological polar surface area (TPSA) is 134 Å². The van der Waals surface area contributed by atoms with Crippen molar-refractivity contribution in [3.05, 3.63) is 58.2 Å². The fourth-order valence-electron chi connectivity index (χ4n) is 2.69. The first-order valence-electron chi connectivity index (χ1n) is 8.61. The lowest BCUT2D eigenvalue weighted by Gasteiger charge is -2.21. The molecule has 1 aromatic heterocycles. The second-order valence-electron chi connectivity index (χ2n) is 7.12. The van der Waals surface area contributed by atoms with E-state index in [9.17, 15) is 18.0 Å². The lowest BCUT2D eigenvalue weighted by Crippen LogP contribution is -2.52. The first-order valence-corrected chi connectivity index (χ1v) is 10.9. The highest BCUT2D eigenvalue weighted by Crippen LogP contribution is 2.27. The molecule has 0 atom stereocenters. The maximum atomic E-state index is 12.6. The molecule has 1 heterocycles. The molecule has 2 amide bonds. The molecule has 8 nitrogen and oxygen atoms in total. The summed E-state index contributed by atoms with van der Waals surface area (Å²) in [6.45, 7) is 2.99. The van der Waals surface area contributed by atoms with Crippen molar-refractivity contribution < 1.29 is 18.0 Å². The second kappa shape index (κ2) is 7.82. The third kappa shape index (κ3) is 4.53. The van der Waals surface area contributed by atoms with E-state index in [-0.39, 0.29) is 26.2 Å². The highest BCUT2D eigenvalue weighted by molar-refractivity contribution is 7.92. The van der Waals surface area contributed by atoms with Crippen molar-refractivity contribution in [3.63, 3.8) is 0 Å². The van der Waals surface area contributed by atoms with Gasteiger partial charge in [0.2, 0.25) is 5.91 Å². The molecule has 0 saturated carbocycles. The smallest absolute Gasteiger partial charge is 0.261 e. The number of benzene rings is 2. The van der Waals surface area contributed by atoms with Crippen LogP contribution in [0.5, 0.6) is 0 Å². The first kappa shape index (κ1) is 21.9. The van der Waals surface area contributed by atoms with Gasteiger partial charge in [0.25, 0.3) is 15.9 Å². The number of nitrogens with one attached hydrogen (secondary N) is 3. The van der Waals surface area contributed by atoms with Crippen LogP contribution in [-0.4, -0.2) is 30.8 Å². The SMILES string of the molecule is CC(C)(NC(=O)c1c[nH]c2cc(NS(=O)(=O)c3cc(Cl)cc(Cl)c3)ccc12)C(N)=O. The summed E-state index contributed by atoms with van der Waals surface area (Å²) in [5.41, 5.74) is 5.13. The van der Waals surface area contributed by atoms with Gasteiger partial charge in [0.05, 0.1) is 16.1 Å². The van der Waals surface area contributed by atoms with Gasteiger partial charge in [0.1, 0.15) is 5.54 Å². The number of rotatable bonds is 6. The first-order chi connectivity index (χ1) is 13.9. The Balaban J connectivity index is 1.88. The number of sulfonamides is 1. The summed E-state index contributed by atoms with van der Waals surface area (Å²) >= 11 is 11.8. The van der Waals surface area contributed by atoms with Crippen LogP contribution in [-0.2, 0) is 14.8 Å². The molecule has 5 N–H and O–H groups in total. The maximum Gasteiger partial charge on any atom is 0.261 e. The zero-order valence-electron chi connectivity index (χ0n) is 15.9. The maximum absolute atomic E-state index is 12.6. The predicted octanol–water partition coefficient (Wildman–Crippen LogP) is 3.27. The highest BCUT2D eigenvalue weighted by Gasteiger charge is 2.28. The van der Waals surface area contributed by atoms with Crippen molar-refractivity contribution in [1.29, 1.82) is 0 Å². The molecular formula is C19H18Cl2N4O4S. The number of halogens is 2. The molecule has 30 heavy (non-hydrogen) atoms. The van der Waals surface area contributed by atoms with Crippen LogP contribution in [0.15, 0.2) is 47.5 Å². The number of hydrogen-bond acceptors (Lipinski definition) is 4. The largest absolute Gasteiger partial charge is 0.368 e. The fourth-order valence-corrected chi connectivity index (χ4v) is 4.46. The van der Waals surface area contributed by atoms with Crippen LogP contribution in [0, 0.1) is 0 Å². The van der Waals surface area contributed by atoms with Crippen LogP contribution in [0.1, 0.15) is 24.2 Å². The Morgan fingerprint density at radius 1 is 1.07 bits per heavy atom. The predicted molar refractivity (Wildman–Crippen MR) is 116 cm³/mol. The van der Waals surface area contributed by atoms with Crippen LogP contribution >= 0.6 is 23.2 Å². The van der Waals surface area contributed by atoms with Gasteiger partial charge in [-0.1, -0.05) is 23.2 Å². The lowest BCUT2D eigenvalue weighted by molar-refractivity contribution is -0.122. The van der Waals surface area contributed by atoms with Crippen molar-refractivity contribution in [2.24, 2.45) is 5.73 Å². The number of anilines is 1. The third-order valence-electron chi connectivity index (χ3n) is 4.37. The van der Waals surface area contributed by atoms with E-state index in [1.807, 2.05) is 0 Å². The molecule has 0 aliphatic carbocycles. The molecule has 0 spiro atoms. The molecule has 2 aromatic carbocycles. The number of amides is 2. The van der Waals surface area contributed by atoms with Gasteiger partial charge in [-0.2, -0.15) is 0 Å². The van der Waals surface area contributed by atoms with Crippen LogP contribution < -0.4 is 15.8 Å². The van der Waals surface area contributed by atoms with Gasteiger partial charge in [-0.05, 0) is 50.2 Å². The van der Waals surface area contributed by atoms with Gasteiger partial charge in [0, 0.05) is 27.1 Å².